The van der Waals surface area contributed by atoms with Crippen LogP contribution in [0.2, 0.25) is 0 Å². The van der Waals surface area contributed by atoms with Gasteiger partial charge in [-0.25, -0.2) is 0 Å². The Morgan fingerprint density at radius 2 is 1.94 bits per heavy atom. The lowest BCUT2D eigenvalue weighted by atomic mass is 9.95. The van der Waals surface area contributed by atoms with Crippen LogP contribution < -0.4 is 0 Å². The lowest BCUT2D eigenvalue weighted by Gasteiger charge is -2.16. The number of alkyl halides is 1. The Balaban J connectivity index is 1.92. The predicted molar refractivity (Wildman–Crippen MR) is 78.9 cm³/mol. The molecule has 0 bridgehead atoms. The summed E-state index contributed by atoms with van der Waals surface area (Å²) in [5.41, 5.74) is 4.34. The van der Waals surface area contributed by atoms with Gasteiger partial charge in [0.05, 0.1) is 0 Å². The van der Waals surface area contributed by atoms with E-state index in [-0.39, 0.29) is 0 Å². The maximum absolute atomic E-state index is 3.88. The summed E-state index contributed by atoms with van der Waals surface area (Å²) < 4.78 is 0. The summed E-state index contributed by atoms with van der Waals surface area (Å²) in [6.45, 7) is 4.41. The molecule has 1 heteroatoms. The van der Waals surface area contributed by atoms with Crippen LogP contribution >= 0.6 is 15.9 Å². The van der Waals surface area contributed by atoms with Gasteiger partial charge in [-0.15, -0.1) is 0 Å². The van der Waals surface area contributed by atoms with Crippen LogP contribution in [0.15, 0.2) is 18.2 Å². The van der Waals surface area contributed by atoms with Crippen LogP contribution in [0.5, 0.6) is 0 Å². The van der Waals surface area contributed by atoms with Gasteiger partial charge in [0.1, 0.15) is 0 Å². The van der Waals surface area contributed by atoms with Crippen molar-refractivity contribution in [1.29, 1.82) is 0 Å². The molecule has 1 aromatic carbocycles. The second-order valence-corrected chi connectivity index (χ2v) is 6.91. The molecule has 0 aromatic heterocycles. The summed E-state index contributed by atoms with van der Waals surface area (Å²) in [5, 5.41) is 0. The highest BCUT2D eigenvalue weighted by atomic mass is 79.9. The molecule has 0 nitrogen and oxygen atoms in total. The van der Waals surface area contributed by atoms with Gasteiger partial charge >= 0.3 is 0 Å². The van der Waals surface area contributed by atoms with Crippen molar-refractivity contribution in [2.75, 3.05) is 0 Å². The van der Waals surface area contributed by atoms with E-state index in [1.807, 2.05) is 0 Å². The third kappa shape index (κ3) is 3.84. The molecule has 0 radical (unpaired) electrons. The van der Waals surface area contributed by atoms with Crippen molar-refractivity contribution in [2.24, 2.45) is 5.92 Å². The van der Waals surface area contributed by atoms with Crippen LogP contribution in [0.4, 0.5) is 0 Å². The minimum atomic E-state index is 0.658. The van der Waals surface area contributed by atoms with Gasteiger partial charge in [0, 0.05) is 4.83 Å². The Bertz CT molecular complexity index is 364. The molecule has 1 aromatic rings. The zero-order valence-electron chi connectivity index (χ0n) is 11.0. The highest BCUT2D eigenvalue weighted by Gasteiger charge is 2.19. The lowest BCUT2D eigenvalue weighted by Crippen LogP contribution is -2.09. The van der Waals surface area contributed by atoms with Gasteiger partial charge in [0.2, 0.25) is 0 Å². The average Bonchev–Trinajstić information content (AvgIpc) is 2.76. The minimum Gasteiger partial charge on any atom is -0.0887 e. The van der Waals surface area contributed by atoms with E-state index >= 15 is 0 Å². The number of halogens is 1. The van der Waals surface area contributed by atoms with E-state index in [0.29, 0.717) is 4.83 Å². The first-order valence-electron chi connectivity index (χ1n) is 6.85. The fourth-order valence-electron chi connectivity index (χ4n) is 2.95. The monoisotopic (exact) mass is 294 g/mol. The maximum atomic E-state index is 3.88. The molecule has 1 atom stereocenters. The second kappa shape index (κ2) is 6.04. The average molecular weight is 295 g/mol. The molecule has 1 saturated carbocycles. The first-order chi connectivity index (χ1) is 8.15. The molecule has 0 amide bonds. The summed E-state index contributed by atoms with van der Waals surface area (Å²) in [6, 6.07) is 6.80. The van der Waals surface area contributed by atoms with Gasteiger partial charge in [-0.2, -0.15) is 0 Å². The topological polar surface area (TPSA) is 0 Å². The third-order valence-corrected chi connectivity index (χ3v) is 4.71. The molecule has 0 saturated heterocycles. The Labute approximate surface area is 114 Å². The number of hydrogen-bond acceptors (Lipinski definition) is 0. The van der Waals surface area contributed by atoms with Gasteiger partial charge in [-0.1, -0.05) is 65.4 Å². The third-order valence-electron chi connectivity index (χ3n) is 4.01. The van der Waals surface area contributed by atoms with Gasteiger partial charge < -0.3 is 0 Å². The Hall–Kier alpha value is -0.300. The van der Waals surface area contributed by atoms with Crippen molar-refractivity contribution < 1.29 is 0 Å². The largest absolute Gasteiger partial charge is 0.0887 e. The number of aryl methyl sites for hydroxylation is 2. The summed E-state index contributed by atoms with van der Waals surface area (Å²) in [7, 11) is 0. The zero-order valence-corrected chi connectivity index (χ0v) is 12.6. The molecule has 94 valence electrons. The number of benzene rings is 1. The SMILES string of the molecule is Cc1ccc(C)c(CC(Br)CC2CCCC2)c1. The zero-order chi connectivity index (χ0) is 12.3. The molecule has 1 aliphatic carbocycles. The summed E-state index contributed by atoms with van der Waals surface area (Å²) in [4.78, 5) is 0.658. The van der Waals surface area contributed by atoms with Crippen molar-refractivity contribution in [1.82, 2.24) is 0 Å². The lowest BCUT2D eigenvalue weighted by molar-refractivity contribution is 0.494. The molecule has 0 N–H and O–H groups in total. The molecule has 1 aliphatic rings. The van der Waals surface area contributed by atoms with E-state index in [2.05, 4.69) is 48.0 Å². The Morgan fingerprint density at radius 3 is 2.65 bits per heavy atom. The first kappa shape index (κ1) is 13.1. The molecule has 1 unspecified atom stereocenters. The van der Waals surface area contributed by atoms with E-state index in [0.717, 1.165) is 5.92 Å². The van der Waals surface area contributed by atoms with E-state index < -0.39 is 0 Å². The van der Waals surface area contributed by atoms with Crippen LogP contribution in [0.25, 0.3) is 0 Å². The molecule has 0 aliphatic heterocycles. The van der Waals surface area contributed by atoms with Gasteiger partial charge in [-0.3, -0.25) is 0 Å². The summed E-state index contributed by atoms with van der Waals surface area (Å²) in [6.07, 6.45) is 8.35. The summed E-state index contributed by atoms with van der Waals surface area (Å²) in [5.74, 6) is 0.976. The number of hydrogen-bond donors (Lipinski definition) is 0. The molecular formula is C16H23Br. The smallest absolute Gasteiger partial charge is 0.0188 e. The Morgan fingerprint density at radius 1 is 1.24 bits per heavy atom. The van der Waals surface area contributed by atoms with Gasteiger partial charge in [0.25, 0.3) is 0 Å². The van der Waals surface area contributed by atoms with Gasteiger partial charge in [0.15, 0.2) is 0 Å². The normalized spacial score (nSPS) is 18.5. The van der Waals surface area contributed by atoms with Crippen LogP contribution in [0.1, 0.15) is 48.8 Å². The molecule has 0 spiro atoms. The van der Waals surface area contributed by atoms with Crippen molar-refractivity contribution >= 4 is 15.9 Å². The standard InChI is InChI=1S/C16H23Br/c1-12-7-8-13(2)15(9-12)11-16(17)10-14-5-3-4-6-14/h7-9,14,16H,3-6,10-11H2,1-2H3. The van der Waals surface area contributed by atoms with E-state index in [4.69, 9.17) is 0 Å². The summed E-state index contributed by atoms with van der Waals surface area (Å²) >= 11 is 3.88. The van der Waals surface area contributed by atoms with Crippen molar-refractivity contribution in [3.63, 3.8) is 0 Å². The fraction of sp³-hybridized carbons (Fsp3) is 0.625. The minimum absolute atomic E-state index is 0.658. The Kier molecular flexibility index (Phi) is 4.67. The quantitative estimate of drug-likeness (QED) is 0.671. The van der Waals surface area contributed by atoms with E-state index in [1.165, 1.54) is 55.2 Å². The highest BCUT2D eigenvalue weighted by Crippen LogP contribution is 2.31. The maximum Gasteiger partial charge on any atom is 0.0188 e. The molecule has 17 heavy (non-hydrogen) atoms. The molecule has 2 rings (SSSR count). The number of rotatable bonds is 4. The van der Waals surface area contributed by atoms with Crippen molar-refractivity contribution in [2.45, 2.75) is 57.2 Å². The van der Waals surface area contributed by atoms with Crippen LogP contribution in [0, 0.1) is 19.8 Å². The molecular weight excluding hydrogens is 272 g/mol. The van der Waals surface area contributed by atoms with Crippen molar-refractivity contribution in [3.8, 4) is 0 Å². The fourth-order valence-corrected chi connectivity index (χ4v) is 3.83. The second-order valence-electron chi connectivity index (χ2n) is 5.62. The van der Waals surface area contributed by atoms with Crippen LogP contribution in [-0.4, -0.2) is 4.83 Å². The molecule has 0 heterocycles. The predicted octanol–water partition coefficient (Wildman–Crippen LogP) is 5.19. The van der Waals surface area contributed by atoms with E-state index in [9.17, 15) is 0 Å². The highest BCUT2D eigenvalue weighted by molar-refractivity contribution is 9.09. The van der Waals surface area contributed by atoms with Gasteiger partial charge in [-0.05, 0) is 43.7 Å². The van der Waals surface area contributed by atoms with E-state index in [1.54, 1.807) is 0 Å². The van der Waals surface area contributed by atoms with Crippen LogP contribution in [-0.2, 0) is 6.42 Å². The van der Waals surface area contributed by atoms with Crippen LogP contribution in [0.3, 0.4) is 0 Å². The van der Waals surface area contributed by atoms with Crippen molar-refractivity contribution in [3.05, 3.63) is 34.9 Å². The molecule has 1 fully saturated rings. The first-order valence-corrected chi connectivity index (χ1v) is 7.77.